The topological polar surface area (TPSA) is 169 Å². The molecule has 0 fully saturated rings. The van der Waals surface area contributed by atoms with Crippen molar-refractivity contribution in [3.05, 3.63) is 0 Å². The Bertz CT molecular complexity index is 152. The number of hydrogen-bond donors (Lipinski definition) is 1. The molecule has 8 heteroatoms. The van der Waals surface area contributed by atoms with E-state index in [0.717, 1.165) is 0 Å². The van der Waals surface area contributed by atoms with Crippen molar-refractivity contribution in [1.82, 2.24) is 0 Å². The number of carbonyl (C=O) groups excluding carboxylic acids is 2. The van der Waals surface area contributed by atoms with Gasteiger partial charge < -0.3 is 36.5 Å². The summed E-state index contributed by atoms with van der Waals surface area (Å²) in [5.41, 5.74) is 4.91. The van der Waals surface area contributed by atoms with Gasteiger partial charge in [0.25, 0.3) is 0 Å². The van der Waals surface area contributed by atoms with Gasteiger partial charge in [0.1, 0.15) is 0 Å². The second kappa shape index (κ2) is 11.6. The van der Waals surface area contributed by atoms with Crippen LogP contribution in [0.4, 0.5) is 0 Å². The summed E-state index contributed by atoms with van der Waals surface area (Å²) in [6.07, 6.45) is -0.500. The van der Waals surface area contributed by atoms with Crippen molar-refractivity contribution in [2.45, 2.75) is 18.9 Å². The minimum Gasteiger partial charge on any atom is -0.550 e. The molecule has 0 amide bonds. The number of nitrogens with two attached hydrogens (primary N) is 1. The van der Waals surface area contributed by atoms with Gasteiger partial charge in [-0.05, 0) is 12.8 Å². The summed E-state index contributed by atoms with van der Waals surface area (Å²) in [7, 11) is 0. The summed E-state index contributed by atoms with van der Waals surface area (Å²) < 4.78 is 0. The van der Waals surface area contributed by atoms with Crippen LogP contribution >= 0.6 is 0 Å². The first-order valence-corrected chi connectivity index (χ1v) is 2.70. The Kier molecular flexibility index (Phi) is 20.4. The van der Waals surface area contributed by atoms with Gasteiger partial charge in [0.15, 0.2) is 0 Å². The van der Waals surface area contributed by atoms with Gasteiger partial charge in [0.2, 0.25) is 0 Å². The number of carboxylic acid groups (broad SMARTS) is 2. The van der Waals surface area contributed by atoms with Crippen LogP contribution in [0.15, 0.2) is 0 Å². The van der Waals surface area contributed by atoms with Crippen LogP contribution in [0.25, 0.3) is 0 Å². The predicted octanol–water partition coefficient (Wildman–Crippen LogP) is -5.44. The Morgan fingerprint density at radius 3 is 1.85 bits per heavy atom. The van der Waals surface area contributed by atoms with Crippen LogP contribution in [0.2, 0.25) is 0 Å². The molecule has 74 valence electrons. The predicted molar refractivity (Wildman–Crippen MR) is 40.2 cm³/mol. The van der Waals surface area contributed by atoms with E-state index < -0.39 is 18.0 Å². The zero-order valence-electron chi connectivity index (χ0n) is 6.91. The summed E-state index contributed by atoms with van der Waals surface area (Å²) in [5.74, 6) is -2.75. The molecule has 1 atom stereocenters. The van der Waals surface area contributed by atoms with E-state index in [0.29, 0.717) is 0 Å². The first kappa shape index (κ1) is 22.9. The first-order chi connectivity index (χ1) is 4.54. The number of aliphatic carboxylic acids is 2. The first-order valence-electron chi connectivity index (χ1n) is 2.70. The fourth-order valence-electron chi connectivity index (χ4n) is 0.391. The maximum absolute atomic E-state index is 9.86. The van der Waals surface area contributed by atoms with Crippen molar-refractivity contribution in [2.75, 3.05) is 0 Å². The number of carboxylic acids is 2. The van der Waals surface area contributed by atoms with Gasteiger partial charge in [-0.2, -0.15) is 0 Å². The molecule has 6 N–H and O–H groups in total. The molecule has 0 spiro atoms. The molecule has 0 bridgehead atoms. The van der Waals surface area contributed by atoms with Crippen LogP contribution in [0.1, 0.15) is 12.8 Å². The molecule has 7 nitrogen and oxygen atoms in total. The molecular formula is C5H11MgNO6. The molecule has 0 aromatic rings. The quantitative estimate of drug-likeness (QED) is 0.451. The third-order valence-electron chi connectivity index (χ3n) is 0.962. The summed E-state index contributed by atoms with van der Waals surface area (Å²) in [6.45, 7) is 0. The van der Waals surface area contributed by atoms with Crippen LogP contribution in [0.3, 0.4) is 0 Å². The largest absolute Gasteiger partial charge is 2.00 e. The van der Waals surface area contributed by atoms with Crippen molar-refractivity contribution in [1.29, 1.82) is 0 Å². The van der Waals surface area contributed by atoms with Crippen LogP contribution in [-0.4, -0.2) is 52.0 Å². The molecule has 0 radical (unpaired) electrons. The normalized spacial score (nSPS) is 9.62. The molecule has 0 aliphatic carbocycles. The maximum atomic E-state index is 9.86. The van der Waals surface area contributed by atoms with Crippen molar-refractivity contribution in [3.63, 3.8) is 0 Å². The zero-order chi connectivity index (χ0) is 8.15. The number of hydrogen-bond acceptors (Lipinski definition) is 5. The van der Waals surface area contributed by atoms with E-state index in [1.165, 1.54) is 0 Å². The molecule has 0 aliphatic heterocycles. The van der Waals surface area contributed by atoms with Crippen LogP contribution < -0.4 is 15.9 Å². The molecule has 0 aromatic carbocycles. The Hall–Kier alpha value is -0.414. The Labute approximate surface area is 90.7 Å². The van der Waals surface area contributed by atoms with E-state index in [1.54, 1.807) is 0 Å². The zero-order valence-corrected chi connectivity index (χ0v) is 8.32. The molecule has 1 unspecified atom stereocenters. The second-order valence-electron chi connectivity index (χ2n) is 1.84. The van der Waals surface area contributed by atoms with Crippen molar-refractivity contribution < 1.29 is 30.8 Å². The molecule has 0 saturated heterocycles. The molecular weight excluding hydrogens is 194 g/mol. The fraction of sp³-hybridized carbons (Fsp3) is 0.600. The smallest absolute Gasteiger partial charge is 0.550 e. The van der Waals surface area contributed by atoms with Crippen molar-refractivity contribution in [2.24, 2.45) is 5.73 Å². The van der Waals surface area contributed by atoms with E-state index in [2.05, 4.69) is 0 Å². The summed E-state index contributed by atoms with van der Waals surface area (Å²) in [6, 6.07) is -1.21. The minimum atomic E-state index is -1.44. The molecule has 0 heterocycles. The van der Waals surface area contributed by atoms with Gasteiger partial charge in [0.05, 0.1) is 5.97 Å². The van der Waals surface area contributed by atoms with E-state index in [4.69, 9.17) is 5.73 Å². The van der Waals surface area contributed by atoms with Gasteiger partial charge in [-0.25, -0.2) is 0 Å². The summed E-state index contributed by atoms with van der Waals surface area (Å²) in [4.78, 5) is 19.6. The van der Waals surface area contributed by atoms with Crippen molar-refractivity contribution >= 4 is 35.0 Å². The monoisotopic (exact) mass is 205 g/mol. The van der Waals surface area contributed by atoms with Crippen LogP contribution in [0, 0.1) is 0 Å². The second-order valence-corrected chi connectivity index (χ2v) is 1.84. The SMILES string of the molecule is NC(CCC(=O)[O-])C(=O)[O-].O.O.[Mg+2]. The average Bonchev–Trinajstić information content (AvgIpc) is 1.82. The fourth-order valence-corrected chi connectivity index (χ4v) is 0.391. The third kappa shape index (κ3) is 14.4. The minimum absolute atomic E-state index is 0. The molecule has 0 aliphatic rings. The Morgan fingerprint density at radius 1 is 1.23 bits per heavy atom. The van der Waals surface area contributed by atoms with Gasteiger partial charge >= 0.3 is 23.1 Å². The molecule has 0 saturated carbocycles. The van der Waals surface area contributed by atoms with Crippen molar-refractivity contribution in [3.8, 4) is 0 Å². The van der Waals surface area contributed by atoms with Gasteiger partial charge in [-0.1, -0.05) is 0 Å². The van der Waals surface area contributed by atoms with Crippen LogP contribution in [0.5, 0.6) is 0 Å². The third-order valence-corrected chi connectivity index (χ3v) is 0.962. The summed E-state index contributed by atoms with van der Waals surface area (Å²) >= 11 is 0. The molecule has 13 heavy (non-hydrogen) atoms. The van der Waals surface area contributed by atoms with E-state index in [-0.39, 0.29) is 46.8 Å². The summed E-state index contributed by atoms with van der Waals surface area (Å²) in [5, 5.41) is 19.6. The molecule has 0 aromatic heterocycles. The standard InChI is InChI=1S/C5H9NO4.Mg.2H2O/c6-3(5(9)10)1-2-4(7)8;;;/h3H,1-2,6H2,(H,7,8)(H,9,10);;2*1H2/q;+2;;/p-2. The van der Waals surface area contributed by atoms with Crippen LogP contribution in [-0.2, 0) is 9.59 Å². The average molecular weight is 205 g/mol. The maximum Gasteiger partial charge on any atom is 2.00 e. The Morgan fingerprint density at radius 2 is 1.62 bits per heavy atom. The molecule has 0 rings (SSSR count). The van der Waals surface area contributed by atoms with E-state index in [9.17, 15) is 19.8 Å². The van der Waals surface area contributed by atoms with Gasteiger partial charge in [-0.15, -0.1) is 0 Å². The Balaban J connectivity index is -0.000000135. The number of carbonyl (C=O) groups is 2. The van der Waals surface area contributed by atoms with Gasteiger partial charge in [0, 0.05) is 12.0 Å². The number of rotatable bonds is 4. The van der Waals surface area contributed by atoms with E-state index >= 15 is 0 Å². The van der Waals surface area contributed by atoms with Gasteiger partial charge in [-0.3, -0.25) is 0 Å². The van der Waals surface area contributed by atoms with E-state index in [1.807, 2.05) is 0 Å².